The Labute approximate surface area is 209 Å². The molecule has 0 saturated heterocycles. The lowest BCUT2D eigenvalue weighted by Crippen LogP contribution is -2.42. The van der Waals surface area contributed by atoms with Crippen molar-refractivity contribution in [3.63, 3.8) is 0 Å². The lowest BCUT2D eigenvalue weighted by molar-refractivity contribution is -0.290. The van der Waals surface area contributed by atoms with Crippen molar-refractivity contribution in [2.75, 3.05) is 23.8 Å². The Kier molecular flexibility index (Phi) is 8.91. The Bertz CT molecular complexity index is 1090. The number of anilines is 2. The zero-order valence-electron chi connectivity index (χ0n) is 18.9. The first-order chi connectivity index (χ1) is 17.6. The highest BCUT2D eigenvalue weighted by atomic mass is 19.4. The fourth-order valence-electron chi connectivity index (χ4n) is 2.18. The van der Waals surface area contributed by atoms with Crippen LogP contribution in [0.5, 0.6) is 17.5 Å². The molecular formula is C19H14F12N4O4. The van der Waals surface area contributed by atoms with Gasteiger partial charge in [0, 0.05) is 12.6 Å². The van der Waals surface area contributed by atoms with E-state index in [4.69, 9.17) is 0 Å². The number of carbonyl (C=O) groups is 1. The van der Waals surface area contributed by atoms with Crippen LogP contribution in [0.1, 0.15) is 6.92 Å². The summed E-state index contributed by atoms with van der Waals surface area (Å²) in [6.45, 7) is -4.35. The molecule has 0 spiro atoms. The predicted octanol–water partition coefficient (Wildman–Crippen LogP) is 6.26. The van der Waals surface area contributed by atoms with Crippen LogP contribution in [0.25, 0.3) is 0 Å². The molecule has 8 nitrogen and oxygen atoms in total. The number of aromatic nitrogens is 2. The molecule has 0 atom stereocenters. The van der Waals surface area contributed by atoms with Gasteiger partial charge >= 0.3 is 36.3 Å². The van der Waals surface area contributed by atoms with E-state index in [1.165, 1.54) is 0 Å². The van der Waals surface area contributed by atoms with Gasteiger partial charge in [-0.3, -0.25) is 5.32 Å². The smallest absolute Gasteiger partial charge is 0.456 e. The van der Waals surface area contributed by atoms with E-state index in [-0.39, 0.29) is 17.5 Å². The van der Waals surface area contributed by atoms with Crippen LogP contribution in [0.4, 0.5) is 69.1 Å². The number of nitrogens with one attached hydrogen (secondary N) is 2. The number of nitrogens with zero attached hydrogens (tertiary/aromatic N) is 2. The van der Waals surface area contributed by atoms with Crippen molar-refractivity contribution in [3.05, 3.63) is 30.3 Å². The monoisotopic (exact) mass is 590 g/mol. The molecule has 1 aromatic heterocycles. The summed E-state index contributed by atoms with van der Waals surface area (Å²) in [4.78, 5) is 18.6. The SMILES string of the molecule is CC(F)(F)Oc1ccc(NC(=O)Nc2nc(OCC(F)(F)C(F)(F)F)cc(OCC(F)(F)C(F)(F)F)n2)cc1. The minimum absolute atomic E-state index is 0.0854. The van der Waals surface area contributed by atoms with E-state index in [2.05, 4.69) is 29.5 Å². The molecule has 0 aliphatic carbocycles. The van der Waals surface area contributed by atoms with Crippen LogP contribution >= 0.6 is 0 Å². The molecule has 2 rings (SSSR count). The molecule has 0 aliphatic heterocycles. The van der Waals surface area contributed by atoms with E-state index in [1.807, 2.05) is 0 Å². The Morgan fingerprint density at radius 3 is 1.56 bits per heavy atom. The summed E-state index contributed by atoms with van der Waals surface area (Å²) < 4.78 is 165. The number of hydrogen-bond acceptors (Lipinski definition) is 6. The van der Waals surface area contributed by atoms with E-state index < -0.39 is 67.3 Å². The Morgan fingerprint density at radius 1 is 0.744 bits per heavy atom. The molecular weight excluding hydrogens is 576 g/mol. The minimum Gasteiger partial charge on any atom is -0.471 e. The minimum atomic E-state index is -6.08. The summed E-state index contributed by atoms with van der Waals surface area (Å²) >= 11 is 0. The summed E-state index contributed by atoms with van der Waals surface area (Å²) in [5.41, 5.74) is -0.0854. The van der Waals surface area contributed by atoms with Gasteiger partial charge in [-0.05, 0) is 24.3 Å². The maximum atomic E-state index is 13.1. The molecule has 2 N–H and O–H groups in total. The predicted molar refractivity (Wildman–Crippen MR) is 105 cm³/mol. The largest absolute Gasteiger partial charge is 0.471 e. The third kappa shape index (κ3) is 9.43. The maximum absolute atomic E-state index is 13.1. The van der Waals surface area contributed by atoms with Crippen LogP contribution in [0.2, 0.25) is 0 Å². The van der Waals surface area contributed by atoms with Crippen LogP contribution in [0.15, 0.2) is 30.3 Å². The maximum Gasteiger partial charge on any atom is 0.456 e. The molecule has 0 bridgehead atoms. The van der Waals surface area contributed by atoms with Crippen molar-refractivity contribution in [2.24, 2.45) is 0 Å². The molecule has 218 valence electrons. The van der Waals surface area contributed by atoms with Crippen LogP contribution in [-0.2, 0) is 0 Å². The van der Waals surface area contributed by atoms with Gasteiger partial charge in [0.1, 0.15) is 5.75 Å². The molecule has 1 heterocycles. The van der Waals surface area contributed by atoms with Crippen molar-refractivity contribution in [3.8, 4) is 17.5 Å². The van der Waals surface area contributed by atoms with E-state index >= 15 is 0 Å². The molecule has 0 unspecified atom stereocenters. The molecule has 39 heavy (non-hydrogen) atoms. The number of benzene rings is 1. The molecule has 0 saturated carbocycles. The van der Waals surface area contributed by atoms with Crippen LogP contribution in [0.3, 0.4) is 0 Å². The van der Waals surface area contributed by atoms with Crippen molar-refractivity contribution >= 4 is 17.7 Å². The molecule has 0 radical (unpaired) electrons. The first-order valence-electron chi connectivity index (χ1n) is 9.87. The molecule has 20 heteroatoms. The number of ether oxygens (including phenoxy) is 3. The van der Waals surface area contributed by atoms with Crippen molar-refractivity contribution < 1.29 is 71.7 Å². The Morgan fingerprint density at radius 2 is 1.18 bits per heavy atom. The molecule has 0 fully saturated rings. The number of hydrogen-bond donors (Lipinski definition) is 2. The second-order valence-corrected chi connectivity index (χ2v) is 7.36. The quantitative estimate of drug-likeness (QED) is 0.317. The van der Waals surface area contributed by atoms with Crippen LogP contribution in [-0.4, -0.2) is 59.5 Å². The third-order valence-electron chi connectivity index (χ3n) is 3.95. The summed E-state index contributed by atoms with van der Waals surface area (Å²) in [6.07, 6.45) is -15.7. The summed E-state index contributed by atoms with van der Waals surface area (Å²) in [5.74, 6) is -14.7. The fraction of sp³-hybridized carbons (Fsp3) is 0.421. The van der Waals surface area contributed by atoms with E-state index in [0.717, 1.165) is 24.3 Å². The van der Waals surface area contributed by atoms with Gasteiger partial charge in [-0.1, -0.05) is 0 Å². The van der Waals surface area contributed by atoms with Gasteiger partial charge < -0.3 is 19.5 Å². The van der Waals surface area contributed by atoms with Crippen molar-refractivity contribution in [1.82, 2.24) is 9.97 Å². The molecule has 2 aromatic rings. The average molecular weight is 590 g/mol. The summed E-state index contributed by atoms with van der Waals surface area (Å²) in [5, 5.41) is 3.86. The lowest BCUT2D eigenvalue weighted by atomic mass is 10.3. The third-order valence-corrected chi connectivity index (χ3v) is 3.95. The van der Waals surface area contributed by atoms with E-state index in [0.29, 0.717) is 6.92 Å². The van der Waals surface area contributed by atoms with Gasteiger partial charge in [0.2, 0.25) is 17.7 Å². The zero-order valence-corrected chi connectivity index (χ0v) is 18.9. The van der Waals surface area contributed by atoms with Crippen molar-refractivity contribution in [1.29, 1.82) is 0 Å². The highest BCUT2D eigenvalue weighted by Crippen LogP contribution is 2.37. The highest BCUT2D eigenvalue weighted by molar-refractivity contribution is 5.98. The normalized spacial score (nSPS) is 13.1. The van der Waals surface area contributed by atoms with Gasteiger partial charge in [0.05, 0.1) is 6.07 Å². The zero-order chi connectivity index (χ0) is 29.9. The number of halogens is 12. The fourth-order valence-corrected chi connectivity index (χ4v) is 2.18. The second-order valence-electron chi connectivity index (χ2n) is 7.36. The van der Waals surface area contributed by atoms with Gasteiger partial charge in [0.25, 0.3) is 0 Å². The van der Waals surface area contributed by atoms with Gasteiger partial charge in [-0.2, -0.15) is 62.7 Å². The number of alkyl halides is 12. The van der Waals surface area contributed by atoms with Crippen molar-refractivity contribution in [2.45, 2.75) is 37.2 Å². The lowest BCUT2D eigenvalue weighted by Gasteiger charge is -2.21. The standard InChI is InChI=1S/C19H14F12N4O4/c1-15(20,21)39-10-4-2-9(3-5-10)32-14(36)35-13-33-11(37-7-16(22,23)18(26,27)28)6-12(34-13)38-8-17(24,25)19(29,30)31/h2-6H,7-8H2,1H3,(H2,32,33,34,35,36). The first-order valence-corrected chi connectivity index (χ1v) is 9.87. The van der Waals surface area contributed by atoms with Gasteiger partial charge in [-0.15, -0.1) is 0 Å². The first kappa shape index (κ1) is 31.3. The van der Waals surface area contributed by atoms with Crippen LogP contribution in [0, 0.1) is 0 Å². The highest BCUT2D eigenvalue weighted by Gasteiger charge is 2.59. The van der Waals surface area contributed by atoms with E-state index in [9.17, 15) is 57.5 Å². The topological polar surface area (TPSA) is 94.6 Å². The number of rotatable bonds is 10. The number of urea groups is 1. The number of amides is 2. The Hall–Kier alpha value is -3.87. The van der Waals surface area contributed by atoms with E-state index in [1.54, 1.807) is 5.32 Å². The van der Waals surface area contributed by atoms with Crippen LogP contribution < -0.4 is 24.8 Å². The Balaban J connectivity index is 2.22. The average Bonchev–Trinajstić information content (AvgIpc) is 2.75. The number of carbonyl (C=O) groups excluding carboxylic acids is 1. The molecule has 0 aliphatic rings. The van der Waals surface area contributed by atoms with Gasteiger partial charge in [-0.25, -0.2) is 4.79 Å². The van der Waals surface area contributed by atoms with Gasteiger partial charge in [0.15, 0.2) is 13.2 Å². The summed E-state index contributed by atoms with van der Waals surface area (Å²) in [6, 6.07) is 3.07. The second kappa shape index (κ2) is 11.1. The molecule has 2 amide bonds. The summed E-state index contributed by atoms with van der Waals surface area (Å²) in [7, 11) is 0. The molecule has 1 aromatic carbocycles.